The Bertz CT molecular complexity index is 334. The number of halogens is 1. The zero-order chi connectivity index (χ0) is 9.54. The van der Waals surface area contributed by atoms with Crippen LogP contribution in [0, 0.1) is 5.92 Å². The number of fused-ring (bicyclic) bond motifs is 1. The Morgan fingerprint density at radius 3 is 3.07 bits per heavy atom. The molecule has 1 aliphatic carbocycles. The number of rotatable bonds is 3. The van der Waals surface area contributed by atoms with Crippen LogP contribution in [0.1, 0.15) is 30.6 Å². The van der Waals surface area contributed by atoms with Crippen LogP contribution in [0.15, 0.2) is 4.52 Å². The van der Waals surface area contributed by atoms with Crippen molar-refractivity contribution in [1.29, 1.82) is 0 Å². The van der Waals surface area contributed by atoms with Crippen LogP contribution in [-0.2, 0) is 11.3 Å². The lowest BCUT2D eigenvalue weighted by molar-refractivity contribution is 0.174. The Labute approximate surface area is 94.0 Å². The van der Waals surface area contributed by atoms with E-state index in [1.54, 1.807) is 7.11 Å². The first-order valence-electron chi connectivity index (χ1n) is 4.94. The average molecular weight is 232 g/mol. The molecular weight excluding hydrogens is 218 g/mol. The monoisotopic (exact) mass is 231 g/mol. The second kappa shape index (κ2) is 4.08. The molecule has 2 aliphatic rings. The molecule has 15 heavy (non-hydrogen) atoms. The maximum absolute atomic E-state index is 5.17. The molecule has 0 unspecified atom stereocenters. The van der Waals surface area contributed by atoms with Crippen LogP contribution < -0.4 is 5.32 Å². The fourth-order valence-corrected chi connectivity index (χ4v) is 2.11. The van der Waals surface area contributed by atoms with Crippen LogP contribution in [0.3, 0.4) is 0 Å². The van der Waals surface area contributed by atoms with E-state index in [2.05, 4.69) is 15.5 Å². The van der Waals surface area contributed by atoms with Gasteiger partial charge < -0.3 is 14.6 Å². The van der Waals surface area contributed by atoms with E-state index in [4.69, 9.17) is 9.26 Å². The molecule has 2 fully saturated rings. The van der Waals surface area contributed by atoms with Crippen LogP contribution in [0.25, 0.3) is 0 Å². The molecule has 1 aromatic heterocycles. The molecule has 2 heterocycles. The van der Waals surface area contributed by atoms with Crippen molar-refractivity contribution in [2.75, 3.05) is 7.11 Å². The fourth-order valence-electron chi connectivity index (χ4n) is 2.11. The summed E-state index contributed by atoms with van der Waals surface area (Å²) in [6.07, 6.45) is 2.45. The molecule has 1 saturated heterocycles. The Morgan fingerprint density at radius 1 is 1.53 bits per heavy atom. The lowest BCUT2D eigenvalue weighted by atomic mass is 10.2. The van der Waals surface area contributed by atoms with Gasteiger partial charge in [-0.15, -0.1) is 12.4 Å². The molecule has 0 aromatic carbocycles. The normalized spacial score (nSPS) is 32.2. The first-order valence-corrected chi connectivity index (χ1v) is 4.94. The average Bonchev–Trinajstić information content (AvgIpc) is 2.68. The standard InChI is InChI=1S/C9H13N3O2.ClH/c1-13-4-8-11-9(14-12-8)7-3-5-2-6(5)10-7;/h5-7,10H,2-4H2,1H3;1H/t5-,6-,7+;/m1./s1. The molecule has 0 radical (unpaired) electrons. The second-order valence-electron chi connectivity index (χ2n) is 4.04. The van der Waals surface area contributed by atoms with Crippen molar-refractivity contribution in [3.05, 3.63) is 11.7 Å². The molecule has 5 nitrogen and oxygen atoms in total. The van der Waals surface area contributed by atoms with Gasteiger partial charge in [-0.25, -0.2) is 0 Å². The summed E-state index contributed by atoms with van der Waals surface area (Å²) in [4.78, 5) is 4.27. The number of hydrogen-bond acceptors (Lipinski definition) is 5. The molecule has 0 bridgehead atoms. The molecular formula is C9H14ClN3O2. The molecule has 3 atom stereocenters. The summed E-state index contributed by atoms with van der Waals surface area (Å²) in [5.74, 6) is 2.19. The van der Waals surface area contributed by atoms with Gasteiger partial charge in [0, 0.05) is 13.2 Å². The third kappa shape index (κ3) is 2.00. The van der Waals surface area contributed by atoms with Gasteiger partial charge in [-0.1, -0.05) is 5.16 Å². The quantitative estimate of drug-likeness (QED) is 0.843. The van der Waals surface area contributed by atoms with Gasteiger partial charge in [0.25, 0.3) is 0 Å². The van der Waals surface area contributed by atoms with E-state index in [1.165, 1.54) is 6.42 Å². The maximum atomic E-state index is 5.17. The third-order valence-corrected chi connectivity index (χ3v) is 2.93. The van der Waals surface area contributed by atoms with E-state index < -0.39 is 0 Å². The van der Waals surface area contributed by atoms with Gasteiger partial charge in [-0.2, -0.15) is 4.98 Å². The minimum Gasteiger partial charge on any atom is -0.377 e. The molecule has 6 heteroatoms. The third-order valence-electron chi connectivity index (χ3n) is 2.93. The highest BCUT2D eigenvalue weighted by atomic mass is 35.5. The number of hydrogen-bond donors (Lipinski definition) is 1. The highest BCUT2D eigenvalue weighted by Crippen LogP contribution is 2.45. The fraction of sp³-hybridized carbons (Fsp3) is 0.778. The molecule has 3 rings (SSSR count). The lowest BCUT2D eigenvalue weighted by Crippen LogP contribution is -2.18. The van der Waals surface area contributed by atoms with Crippen LogP contribution in [-0.4, -0.2) is 23.3 Å². The topological polar surface area (TPSA) is 60.2 Å². The largest absolute Gasteiger partial charge is 0.377 e. The van der Waals surface area contributed by atoms with E-state index in [-0.39, 0.29) is 18.4 Å². The van der Waals surface area contributed by atoms with Crippen LogP contribution in [0.4, 0.5) is 0 Å². The molecule has 84 valence electrons. The molecule has 0 amide bonds. The number of ether oxygens (including phenoxy) is 1. The molecule has 1 aromatic rings. The first kappa shape index (κ1) is 10.9. The molecule has 0 spiro atoms. The van der Waals surface area contributed by atoms with Crippen molar-refractivity contribution in [2.45, 2.75) is 31.5 Å². The minimum absolute atomic E-state index is 0. The SMILES string of the molecule is COCc1noc([C@@H]2C[C@H]3C[C@H]3N2)n1.Cl. The van der Waals surface area contributed by atoms with Crippen molar-refractivity contribution < 1.29 is 9.26 Å². The number of methoxy groups -OCH3 is 1. The van der Waals surface area contributed by atoms with Gasteiger partial charge in [0.15, 0.2) is 5.82 Å². The Hall–Kier alpha value is -0.650. The lowest BCUT2D eigenvalue weighted by Gasteiger charge is -2.05. The summed E-state index contributed by atoms with van der Waals surface area (Å²) in [7, 11) is 1.62. The Balaban J connectivity index is 0.000000853. The predicted molar refractivity (Wildman–Crippen MR) is 54.6 cm³/mol. The summed E-state index contributed by atoms with van der Waals surface area (Å²) in [5, 5.41) is 7.30. The van der Waals surface area contributed by atoms with Crippen molar-refractivity contribution in [3.8, 4) is 0 Å². The zero-order valence-corrected chi connectivity index (χ0v) is 9.29. The molecule has 1 saturated carbocycles. The number of nitrogens with one attached hydrogen (secondary N) is 1. The number of nitrogens with zero attached hydrogens (tertiary/aromatic N) is 2. The molecule has 1 N–H and O–H groups in total. The minimum atomic E-state index is 0. The van der Waals surface area contributed by atoms with Gasteiger partial charge in [-0.05, 0) is 18.8 Å². The summed E-state index contributed by atoms with van der Waals surface area (Å²) >= 11 is 0. The van der Waals surface area contributed by atoms with Crippen molar-refractivity contribution >= 4 is 12.4 Å². The first-order chi connectivity index (χ1) is 6.86. The van der Waals surface area contributed by atoms with Gasteiger partial charge in [0.05, 0.1) is 6.04 Å². The number of aromatic nitrogens is 2. The highest BCUT2D eigenvalue weighted by Gasteiger charge is 2.47. The Kier molecular flexibility index (Phi) is 2.95. The van der Waals surface area contributed by atoms with Gasteiger partial charge in [-0.3, -0.25) is 0 Å². The Morgan fingerprint density at radius 2 is 2.40 bits per heavy atom. The summed E-state index contributed by atoms with van der Waals surface area (Å²) < 4.78 is 10.1. The highest BCUT2D eigenvalue weighted by molar-refractivity contribution is 5.85. The number of piperidine rings is 1. The smallest absolute Gasteiger partial charge is 0.243 e. The van der Waals surface area contributed by atoms with E-state index >= 15 is 0 Å². The van der Waals surface area contributed by atoms with E-state index in [1.807, 2.05) is 0 Å². The van der Waals surface area contributed by atoms with Crippen molar-refractivity contribution in [2.24, 2.45) is 5.92 Å². The summed E-state index contributed by atoms with van der Waals surface area (Å²) in [6, 6.07) is 0.981. The van der Waals surface area contributed by atoms with Crippen LogP contribution >= 0.6 is 12.4 Å². The van der Waals surface area contributed by atoms with E-state index in [9.17, 15) is 0 Å². The predicted octanol–water partition coefficient (Wildman–Crippen LogP) is 1.06. The summed E-state index contributed by atoms with van der Waals surface area (Å²) in [6.45, 7) is 0.420. The van der Waals surface area contributed by atoms with E-state index in [0.29, 0.717) is 24.4 Å². The van der Waals surface area contributed by atoms with Crippen molar-refractivity contribution in [1.82, 2.24) is 15.5 Å². The van der Waals surface area contributed by atoms with Crippen LogP contribution in [0.5, 0.6) is 0 Å². The van der Waals surface area contributed by atoms with Gasteiger partial charge in [0.1, 0.15) is 6.61 Å². The summed E-state index contributed by atoms with van der Waals surface area (Å²) in [5.41, 5.74) is 0. The molecule has 1 aliphatic heterocycles. The van der Waals surface area contributed by atoms with Gasteiger partial charge in [0.2, 0.25) is 5.89 Å². The van der Waals surface area contributed by atoms with Crippen LogP contribution in [0.2, 0.25) is 0 Å². The zero-order valence-electron chi connectivity index (χ0n) is 8.47. The van der Waals surface area contributed by atoms with E-state index in [0.717, 1.165) is 12.3 Å². The maximum Gasteiger partial charge on any atom is 0.243 e. The second-order valence-corrected chi connectivity index (χ2v) is 4.04. The van der Waals surface area contributed by atoms with Crippen molar-refractivity contribution in [3.63, 3.8) is 0 Å². The van der Waals surface area contributed by atoms with Gasteiger partial charge >= 0.3 is 0 Å².